The van der Waals surface area contributed by atoms with E-state index in [1.807, 2.05) is 38.1 Å². The zero-order valence-electron chi connectivity index (χ0n) is 15.5. The number of hydrogen-bond donors (Lipinski definition) is 3. The van der Waals surface area contributed by atoms with Gasteiger partial charge in [0.15, 0.2) is 0 Å². The first kappa shape index (κ1) is 20.8. The van der Waals surface area contributed by atoms with E-state index < -0.39 is 5.54 Å². The van der Waals surface area contributed by atoms with Crippen molar-refractivity contribution >= 4 is 40.3 Å². The lowest BCUT2D eigenvalue weighted by atomic mass is 10.0. The zero-order chi connectivity index (χ0) is 20.2. The van der Waals surface area contributed by atoms with E-state index in [9.17, 15) is 4.79 Å². The van der Waals surface area contributed by atoms with Crippen LogP contribution in [0.25, 0.3) is 0 Å². The van der Waals surface area contributed by atoms with Crippen molar-refractivity contribution in [3.05, 3.63) is 64.7 Å². The van der Waals surface area contributed by atoms with Gasteiger partial charge in [-0.05, 0) is 44.5 Å². The zero-order valence-corrected chi connectivity index (χ0v) is 17.2. The minimum Gasteiger partial charge on any atom is -0.490 e. The van der Waals surface area contributed by atoms with Gasteiger partial charge in [0, 0.05) is 11.1 Å². The third-order valence-electron chi connectivity index (χ3n) is 4.24. The molecule has 7 heteroatoms. The smallest absolute Gasteiger partial charge is 0.252 e. The van der Waals surface area contributed by atoms with Gasteiger partial charge < -0.3 is 21.5 Å². The van der Waals surface area contributed by atoms with Gasteiger partial charge in [0.1, 0.15) is 27.9 Å². The highest BCUT2D eigenvalue weighted by molar-refractivity contribution is 7.80. The average Bonchev–Trinajstić information content (AvgIpc) is 2.61. The van der Waals surface area contributed by atoms with Gasteiger partial charge >= 0.3 is 0 Å². The lowest BCUT2D eigenvalue weighted by Gasteiger charge is -2.30. The predicted molar refractivity (Wildman–Crippen MR) is 116 cm³/mol. The van der Waals surface area contributed by atoms with Crippen molar-refractivity contribution in [2.45, 2.75) is 26.3 Å². The molecule has 0 heterocycles. The van der Waals surface area contributed by atoms with Crippen LogP contribution in [0.2, 0.25) is 0 Å². The van der Waals surface area contributed by atoms with Crippen molar-refractivity contribution in [3.63, 3.8) is 0 Å². The highest BCUT2D eigenvalue weighted by atomic mass is 32.1. The van der Waals surface area contributed by atoms with Crippen LogP contribution in [0.3, 0.4) is 0 Å². The van der Waals surface area contributed by atoms with Crippen molar-refractivity contribution in [1.82, 2.24) is 5.32 Å². The van der Waals surface area contributed by atoms with Crippen molar-refractivity contribution in [2.75, 3.05) is 6.61 Å². The fourth-order valence-electron chi connectivity index (χ4n) is 2.33. The van der Waals surface area contributed by atoms with Gasteiger partial charge in [-0.15, -0.1) is 0 Å². The van der Waals surface area contributed by atoms with Crippen molar-refractivity contribution in [3.8, 4) is 5.75 Å². The number of carbonyl (C=O) groups excluding carboxylic acids is 1. The normalized spacial score (nSPS) is 12.7. The van der Waals surface area contributed by atoms with Gasteiger partial charge in [0.2, 0.25) is 0 Å². The molecule has 0 aromatic heterocycles. The van der Waals surface area contributed by atoms with Gasteiger partial charge in [-0.2, -0.15) is 0 Å². The molecule has 2 aromatic rings. The molecule has 1 amide bonds. The maximum Gasteiger partial charge on any atom is 0.252 e. The molecule has 0 saturated heterocycles. The number of thiocarbonyl (C=S) groups is 2. The Balaban J connectivity index is 2.18. The molecule has 0 radical (unpaired) electrons. The Bertz CT molecular complexity index is 881. The van der Waals surface area contributed by atoms with Crippen LogP contribution >= 0.6 is 24.4 Å². The van der Waals surface area contributed by atoms with E-state index in [0.717, 1.165) is 11.1 Å². The summed E-state index contributed by atoms with van der Waals surface area (Å²) in [4.78, 5) is 13.0. The van der Waals surface area contributed by atoms with Crippen LogP contribution in [0.5, 0.6) is 5.75 Å². The average molecular weight is 402 g/mol. The predicted octanol–water partition coefficient (Wildman–Crippen LogP) is 2.79. The molecule has 5 N–H and O–H groups in total. The first-order valence-electron chi connectivity index (χ1n) is 8.35. The third-order valence-corrected chi connectivity index (χ3v) is 4.92. The molecule has 1 atom stereocenters. The molecule has 1 unspecified atom stereocenters. The van der Waals surface area contributed by atoms with Crippen LogP contribution in [0, 0.1) is 13.8 Å². The Morgan fingerprint density at radius 2 is 1.67 bits per heavy atom. The quantitative estimate of drug-likeness (QED) is 0.618. The molecule has 27 heavy (non-hydrogen) atoms. The van der Waals surface area contributed by atoms with Gasteiger partial charge in [-0.3, -0.25) is 4.79 Å². The van der Waals surface area contributed by atoms with Crippen molar-refractivity contribution in [2.24, 2.45) is 11.5 Å². The number of benzene rings is 2. The van der Waals surface area contributed by atoms with E-state index in [2.05, 4.69) is 5.32 Å². The third kappa shape index (κ3) is 5.24. The van der Waals surface area contributed by atoms with Crippen LogP contribution in [0.4, 0.5) is 0 Å². The van der Waals surface area contributed by atoms with E-state index in [4.69, 9.17) is 40.6 Å². The summed E-state index contributed by atoms with van der Waals surface area (Å²) in [7, 11) is 0. The van der Waals surface area contributed by atoms with E-state index in [1.165, 1.54) is 0 Å². The molecule has 5 nitrogen and oxygen atoms in total. The van der Waals surface area contributed by atoms with E-state index in [1.54, 1.807) is 25.1 Å². The first-order chi connectivity index (χ1) is 12.6. The van der Waals surface area contributed by atoms with Crippen molar-refractivity contribution in [1.29, 1.82) is 0 Å². The van der Waals surface area contributed by atoms with Crippen LogP contribution < -0.4 is 21.5 Å². The fraction of sp³-hybridized carbons (Fsp3) is 0.250. The maximum absolute atomic E-state index is 12.6. The topological polar surface area (TPSA) is 90.4 Å². The van der Waals surface area contributed by atoms with E-state index in [0.29, 0.717) is 16.9 Å². The molecular weight excluding hydrogens is 378 g/mol. The number of amides is 1. The number of carbonyl (C=O) groups is 1. The number of nitrogens with two attached hydrogens (primary N) is 2. The minimum absolute atomic E-state index is 0.0710. The second-order valence-corrected chi connectivity index (χ2v) is 7.53. The summed E-state index contributed by atoms with van der Waals surface area (Å²) in [5, 5.41) is 2.88. The molecule has 2 rings (SSSR count). The molecular formula is C20H23N3O2S2. The van der Waals surface area contributed by atoms with Gasteiger partial charge in [-0.25, -0.2) is 0 Å². The van der Waals surface area contributed by atoms with Crippen LogP contribution in [0.15, 0.2) is 42.5 Å². The number of aryl methyl sites for hydroxylation is 2. The van der Waals surface area contributed by atoms with E-state index >= 15 is 0 Å². The monoisotopic (exact) mass is 401 g/mol. The molecule has 0 aliphatic heterocycles. The van der Waals surface area contributed by atoms with Crippen molar-refractivity contribution < 1.29 is 9.53 Å². The first-order valence-corrected chi connectivity index (χ1v) is 9.16. The maximum atomic E-state index is 12.6. The molecule has 0 fully saturated rings. The molecule has 0 aliphatic rings. The lowest BCUT2D eigenvalue weighted by Crippen LogP contribution is -2.58. The van der Waals surface area contributed by atoms with E-state index in [-0.39, 0.29) is 22.5 Å². The van der Waals surface area contributed by atoms with Gasteiger partial charge in [-0.1, -0.05) is 54.3 Å². The summed E-state index contributed by atoms with van der Waals surface area (Å²) in [6.45, 7) is 5.66. The fourth-order valence-corrected chi connectivity index (χ4v) is 2.56. The summed E-state index contributed by atoms with van der Waals surface area (Å²) >= 11 is 10.2. The number of hydrogen-bond acceptors (Lipinski definition) is 4. The molecule has 0 bridgehead atoms. The Morgan fingerprint density at radius 1 is 1.07 bits per heavy atom. The Morgan fingerprint density at radius 3 is 2.22 bits per heavy atom. The highest BCUT2D eigenvalue weighted by Gasteiger charge is 2.31. The molecule has 0 aliphatic carbocycles. The largest absolute Gasteiger partial charge is 0.490 e. The molecule has 142 valence electrons. The summed E-state index contributed by atoms with van der Waals surface area (Å²) in [5.41, 5.74) is 13.8. The molecule has 2 aromatic carbocycles. The summed E-state index contributed by atoms with van der Waals surface area (Å²) in [5.74, 6) is 0.329. The summed E-state index contributed by atoms with van der Waals surface area (Å²) in [6.07, 6.45) is 0. The number of ether oxygens (including phenoxy) is 1. The second-order valence-electron chi connectivity index (χ2n) is 6.65. The van der Waals surface area contributed by atoms with Gasteiger partial charge in [0.25, 0.3) is 5.91 Å². The minimum atomic E-state index is -1.02. The Labute approximate surface area is 170 Å². The van der Waals surface area contributed by atoms with Gasteiger partial charge in [0.05, 0.1) is 0 Å². The highest BCUT2D eigenvalue weighted by Crippen LogP contribution is 2.21. The SMILES string of the molecule is Cc1ccc(C(=O)NC(C)(COc2cc(C(N)=S)ccc2C)C(N)=S)cc1. The summed E-state index contributed by atoms with van der Waals surface area (Å²) in [6, 6.07) is 12.7. The van der Waals surface area contributed by atoms with Crippen LogP contribution in [-0.4, -0.2) is 28.0 Å². The number of rotatable bonds is 7. The lowest BCUT2D eigenvalue weighted by molar-refractivity contribution is 0.0907. The number of nitrogens with one attached hydrogen (secondary N) is 1. The second kappa shape index (κ2) is 8.45. The summed E-state index contributed by atoms with van der Waals surface area (Å²) < 4.78 is 5.91. The molecule has 0 spiro atoms. The Kier molecular flexibility index (Phi) is 6.51. The standard InChI is InChI=1S/C20H23N3O2S2/c1-12-4-7-14(8-5-12)18(24)23-20(3,19(22)27)11-25-16-10-15(17(21)26)9-6-13(16)2/h4-10H,11H2,1-3H3,(H2,21,26)(H2,22,27)(H,23,24). The Hall–Kier alpha value is -2.51. The molecule has 0 saturated carbocycles. The van der Waals surface area contributed by atoms with Crippen LogP contribution in [0.1, 0.15) is 34.0 Å². The van der Waals surface area contributed by atoms with Crippen LogP contribution in [-0.2, 0) is 0 Å².